The van der Waals surface area contributed by atoms with Crippen molar-refractivity contribution in [3.05, 3.63) is 85.1 Å². The van der Waals surface area contributed by atoms with Crippen molar-refractivity contribution in [3.8, 4) is 0 Å². The lowest BCUT2D eigenvalue weighted by Gasteiger charge is -2.10. The quantitative estimate of drug-likeness (QED) is 0.272. The van der Waals surface area contributed by atoms with Gasteiger partial charge in [0.25, 0.3) is 0 Å². The number of ketones is 2. The van der Waals surface area contributed by atoms with E-state index >= 15 is 0 Å². The van der Waals surface area contributed by atoms with Crippen LogP contribution in [0.2, 0.25) is 0 Å². The van der Waals surface area contributed by atoms with Crippen LogP contribution >= 0.6 is 0 Å². The molecular formula is C37H54O5. The van der Waals surface area contributed by atoms with Crippen LogP contribution in [0.1, 0.15) is 91.4 Å². The molecule has 1 saturated heterocycles. The highest BCUT2D eigenvalue weighted by molar-refractivity contribution is 5.94. The topological polar surface area (TPSA) is 83.8 Å². The van der Waals surface area contributed by atoms with Gasteiger partial charge in [0.05, 0.1) is 12.2 Å². The smallest absolute Gasteiger partial charge is 0.159 e. The van der Waals surface area contributed by atoms with Gasteiger partial charge in [0, 0.05) is 18.3 Å². The molecule has 0 spiro atoms. The fourth-order valence-electron chi connectivity index (χ4n) is 5.40. The van der Waals surface area contributed by atoms with Crippen LogP contribution in [0, 0.1) is 23.7 Å². The molecule has 2 unspecified atom stereocenters. The SMILES string of the molecule is CC/C=C\C[C@H]1CC=CC1=O.CC/C=C\C[C@H]1CC=CC1=O.CC/C=C\C[C@H]1CC=C[C@H]1O.OC1C[C@H]2CC=CC2O1. The number of hydrogen-bond donors (Lipinski definition) is 2. The Morgan fingerprint density at radius 1 is 0.690 bits per heavy atom. The van der Waals surface area contributed by atoms with Gasteiger partial charge in [0.15, 0.2) is 17.9 Å². The highest BCUT2D eigenvalue weighted by atomic mass is 16.6. The maximum absolute atomic E-state index is 11.0. The predicted molar refractivity (Wildman–Crippen MR) is 173 cm³/mol. The third-order valence-corrected chi connectivity index (χ3v) is 8.00. The van der Waals surface area contributed by atoms with E-state index < -0.39 is 6.29 Å². The Balaban J connectivity index is 0.000000196. The van der Waals surface area contributed by atoms with Gasteiger partial charge in [0.2, 0.25) is 0 Å². The predicted octanol–water partition coefficient (Wildman–Crippen LogP) is 7.93. The summed E-state index contributed by atoms with van der Waals surface area (Å²) in [6, 6.07) is 0. The van der Waals surface area contributed by atoms with Crippen molar-refractivity contribution in [1.82, 2.24) is 0 Å². The van der Waals surface area contributed by atoms with Gasteiger partial charge in [-0.2, -0.15) is 0 Å². The first-order valence-electron chi connectivity index (χ1n) is 16.1. The maximum Gasteiger partial charge on any atom is 0.159 e. The third kappa shape index (κ3) is 13.6. The highest BCUT2D eigenvalue weighted by Gasteiger charge is 2.34. The largest absolute Gasteiger partial charge is 0.389 e. The van der Waals surface area contributed by atoms with Crippen LogP contribution in [0.5, 0.6) is 0 Å². The number of ether oxygens (including phenoxy) is 1. The summed E-state index contributed by atoms with van der Waals surface area (Å²) < 4.78 is 5.15. The van der Waals surface area contributed by atoms with Gasteiger partial charge in [0.1, 0.15) is 0 Å². The molecule has 1 heterocycles. The van der Waals surface area contributed by atoms with Gasteiger partial charge < -0.3 is 14.9 Å². The lowest BCUT2D eigenvalue weighted by molar-refractivity contribution is -0.118. The summed E-state index contributed by atoms with van der Waals surface area (Å²) in [4.78, 5) is 22.1. The van der Waals surface area contributed by atoms with Gasteiger partial charge >= 0.3 is 0 Å². The first kappa shape index (κ1) is 35.6. The van der Waals surface area contributed by atoms with Crippen LogP contribution in [-0.2, 0) is 14.3 Å². The number of hydrogen-bond acceptors (Lipinski definition) is 5. The number of aliphatic hydroxyl groups excluding tert-OH is 2. The average Bonchev–Trinajstić information content (AvgIpc) is 3.80. The van der Waals surface area contributed by atoms with E-state index in [1.54, 1.807) is 12.2 Å². The van der Waals surface area contributed by atoms with Crippen LogP contribution in [0.15, 0.2) is 85.1 Å². The molecule has 0 bridgehead atoms. The number of rotatable bonds is 9. The van der Waals surface area contributed by atoms with E-state index in [4.69, 9.17) is 9.84 Å². The molecule has 7 atom stereocenters. The van der Waals surface area contributed by atoms with Gasteiger partial charge in [-0.3, -0.25) is 9.59 Å². The maximum atomic E-state index is 11.0. The molecule has 5 heteroatoms. The Bertz CT molecular complexity index is 954. The van der Waals surface area contributed by atoms with Crippen LogP contribution < -0.4 is 0 Å². The summed E-state index contributed by atoms with van der Waals surface area (Å²) in [5.74, 6) is 2.10. The molecule has 42 heavy (non-hydrogen) atoms. The van der Waals surface area contributed by atoms with E-state index in [0.717, 1.165) is 70.6 Å². The summed E-state index contributed by atoms with van der Waals surface area (Å²) in [6.45, 7) is 6.33. The van der Waals surface area contributed by atoms with E-state index in [9.17, 15) is 14.7 Å². The van der Waals surface area contributed by atoms with Crippen LogP contribution in [0.25, 0.3) is 0 Å². The molecule has 0 saturated carbocycles. The van der Waals surface area contributed by atoms with Crippen molar-refractivity contribution in [1.29, 1.82) is 0 Å². The number of fused-ring (bicyclic) bond motifs is 1. The van der Waals surface area contributed by atoms with E-state index in [2.05, 4.69) is 69.4 Å². The molecule has 5 nitrogen and oxygen atoms in total. The van der Waals surface area contributed by atoms with Crippen molar-refractivity contribution in [2.75, 3.05) is 0 Å². The minimum Gasteiger partial charge on any atom is -0.389 e. The van der Waals surface area contributed by atoms with Crippen molar-refractivity contribution in [3.63, 3.8) is 0 Å². The minimum absolute atomic E-state index is 0.198. The van der Waals surface area contributed by atoms with Crippen molar-refractivity contribution < 1.29 is 24.5 Å². The Kier molecular flexibility index (Phi) is 17.9. The van der Waals surface area contributed by atoms with E-state index in [0.29, 0.717) is 23.4 Å². The Morgan fingerprint density at radius 3 is 1.64 bits per heavy atom. The van der Waals surface area contributed by atoms with Crippen LogP contribution in [-0.4, -0.2) is 40.3 Å². The lowest BCUT2D eigenvalue weighted by atomic mass is 10.0. The minimum atomic E-state index is -0.495. The summed E-state index contributed by atoms with van der Waals surface area (Å²) in [5, 5.41) is 18.3. The zero-order chi connectivity index (χ0) is 30.6. The second-order valence-corrected chi connectivity index (χ2v) is 11.5. The Hall–Kier alpha value is -2.60. The molecule has 0 amide bonds. The number of carbonyl (C=O) groups is 2. The second kappa shape index (κ2) is 21.1. The van der Waals surface area contributed by atoms with Crippen molar-refractivity contribution in [2.45, 2.75) is 110 Å². The molecule has 0 radical (unpaired) electrons. The fourth-order valence-corrected chi connectivity index (χ4v) is 5.40. The molecule has 2 N–H and O–H groups in total. The Labute approximate surface area is 254 Å². The molecule has 1 fully saturated rings. The first-order valence-corrected chi connectivity index (χ1v) is 16.1. The first-order chi connectivity index (χ1) is 20.4. The highest BCUT2D eigenvalue weighted by Crippen LogP contribution is 2.33. The molecule has 5 aliphatic rings. The molecular weight excluding hydrogens is 524 g/mol. The summed E-state index contributed by atoms with van der Waals surface area (Å²) in [7, 11) is 0. The summed E-state index contributed by atoms with van der Waals surface area (Å²) >= 11 is 0. The zero-order valence-corrected chi connectivity index (χ0v) is 26.0. The number of carbonyl (C=O) groups excluding carboxylic acids is 2. The molecule has 0 aromatic heterocycles. The van der Waals surface area contributed by atoms with Crippen LogP contribution in [0.3, 0.4) is 0 Å². The molecule has 0 aromatic rings. The third-order valence-electron chi connectivity index (χ3n) is 8.00. The van der Waals surface area contributed by atoms with E-state index in [1.165, 1.54) is 0 Å². The summed E-state index contributed by atoms with van der Waals surface area (Å²) in [5.41, 5.74) is 0. The summed E-state index contributed by atoms with van der Waals surface area (Å²) in [6.07, 6.45) is 38.6. The van der Waals surface area contributed by atoms with E-state index in [-0.39, 0.29) is 24.0 Å². The van der Waals surface area contributed by atoms with E-state index in [1.807, 2.05) is 24.3 Å². The zero-order valence-electron chi connectivity index (χ0n) is 26.0. The van der Waals surface area contributed by atoms with Crippen molar-refractivity contribution in [2.24, 2.45) is 23.7 Å². The average molecular weight is 579 g/mol. The second-order valence-electron chi connectivity index (χ2n) is 11.5. The molecule has 232 valence electrons. The van der Waals surface area contributed by atoms with Crippen LogP contribution in [0.4, 0.5) is 0 Å². The fraction of sp³-hybridized carbons (Fsp3) is 0.568. The molecule has 5 rings (SSSR count). The lowest BCUT2D eigenvalue weighted by Crippen LogP contribution is -2.11. The molecule has 0 aromatic carbocycles. The molecule has 4 aliphatic carbocycles. The van der Waals surface area contributed by atoms with Gasteiger partial charge in [-0.15, -0.1) is 0 Å². The van der Waals surface area contributed by atoms with Gasteiger partial charge in [-0.1, -0.05) is 93.7 Å². The normalized spacial score (nSPS) is 30.6. The number of aliphatic hydroxyl groups is 2. The van der Waals surface area contributed by atoms with Gasteiger partial charge in [-0.05, 0) is 88.2 Å². The number of allylic oxidation sites excluding steroid dienone is 12. The van der Waals surface area contributed by atoms with Crippen molar-refractivity contribution >= 4 is 11.6 Å². The van der Waals surface area contributed by atoms with Gasteiger partial charge in [-0.25, -0.2) is 0 Å². The monoisotopic (exact) mass is 578 g/mol. The Morgan fingerprint density at radius 2 is 1.21 bits per heavy atom. The standard InChI is InChI=1S/C10H16O.2C10H14O.C7H10O2/c3*1-2-3-4-6-9-7-5-8-10(9)11;8-7-4-5-2-1-3-6(5)9-7/h3-5,8-11H,2,6-7H2,1H3;2*3-5,8-9H,2,6-7H2,1H3;1,3,5-8H,2,4H2/b3*4-3-;/t9-,10+;2*9-;5-,6?,7?/m0001/s1. The molecule has 1 aliphatic heterocycles.